The van der Waals surface area contributed by atoms with E-state index in [1.807, 2.05) is 31.7 Å². The smallest absolute Gasteiger partial charge is 0.233 e. The summed E-state index contributed by atoms with van der Waals surface area (Å²) in [6.45, 7) is 4.57. The second-order valence-electron chi connectivity index (χ2n) is 4.18. The molecule has 1 aromatic rings. The molecule has 90 valence electrons. The van der Waals surface area contributed by atoms with Gasteiger partial charge in [-0.3, -0.25) is 4.79 Å². The Labute approximate surface area is 102 Å². The summed E-state index contributed by atoms with van der Waals surface area (Å²) in [6.07, 6.45) is 4.40. The van der Waals surface area contributed by atoms with Gasteiger partial charge < -0.3 is 9.88 Å². The van der Waals surface area contributed by atoms with Crippen molar-refractivity contribution in [2.75, 3.05) is 6.54 Å². The number of nitrogens with one attached hydrogen (secondary N) is 1. The summed E-state index contributed by atoms with van der Waals surface area (Å²) >= 11 is 4.26. The van der Waals surface area contributed by atoms with Crippen molar-refractivity contribution in [3.8, 4) is 0 Å². The third kappa shape index (κ3) is 3.56. The lowest BCUT2D eigenvalue weighted by Crippen LogP contribution is -2.35. The minimum Gasteiger partial charge on any atom is -0.355 e. The van der Waals surface area contributed by atoms with Crippen LogP contribution in [0.4, 0.5) is 0 Å². The molecule has 1 heterocycles. The van der Waals surface area contributed by atoms with Gasteiger partial charge in [-0.2, -0.15) is 12.6 Å². The first-order chi connectivity index (χ1) is 7.52. The fraction of sp³-hybridized carbons (Fsp3) is 0.636. The first kappa shape index (κ1) is 13.1. The molecular formula is C11H19N3OS. The summed E-state index contributed by atoms with van der Waals surface area (Å²) in [6, 6.07) is 0. The Morgan fingerprint density at radius 2 is 2.31 bits per heavy atom. The minimum absolute atomic E-state index is 0.00691. The summed E-state index contributed by atoms with van der Waals surface area (Å²) in [4.78, 5) is 15.8. The van der Waals surface area contributed by atoms with E-state index in [9.17, 15) is 4.79 Å². The molecule has 16 heavy (non-hydrogen) atoms. The van der Waals surface area contributed by atoms with Crippen LogP contribution in [0.5, 0.6) is 0 Å². The van der Waals surface area contributed by atoms with Gasteiger partial charge in [0.25, 0.3) is 0 Å². The van der Waals surface area contributed by atoms with Crippen LogP contribution in [-0.2, 0) is 18.3 Å². The van der Waals surface area contributed by atoms with E-state index in [-0.39, 0.29) is 17.1 Å². The average molecular weight is 241 g/mol. The molecule has 0 radical (unpaired) electrons. The highest BCUT2D eigenvalue weighted by atomic mass is 32.1. The highest BCUT2D eigenvalue weighted by molar-refractivity contribution is 7.81. The minimum atomic E-state index is -0.235. The molecular weight excluding hydrogens is 222 g/mol. The highest BCUT2D eigenvalue weighted by Gasteiger charge is 2.16. The molecule has 0 aliphatic rings. The van der Waals surface area contributed by atoms with Crippen molar-refractivity contribution >= 4 is 18.5 Å². The van der Waals surface area contributed by atoms with Gasteiger partial charge in [-0.05, 0) is 5.92 Å². The number of thiol groups is 1. The molecule has 0 spiro atoms. The van der Waals surface area contributed by atoms with E-state index in [2.05, 4.69) is 22.9 Å². The maximum absolute atomic E-state index is 11.6. The van der Waals surface area contributed by atoms with Crippen LogP contribution < -0.4 is 5.32 Å². The van der Waals surface area contributed by atoms with E-state index in [0.717, 1.165) is 12.2 Å². The molecule has 0 aliphatic heterocycles. The Hall–Kier alpha value is -0.970. The monoisotopic (exact) mass is 241 g/mol. The molecule has 0 saturated carbocycles. The number of rotatable bonds is 5. The van der Waals surface area contributed by atoms with Crippen molar-refractivity contribution in [1.82, 2.24) is 14.9 Å². The average Bonchev–Trinajstić information content (AvgIpc) is 2.63. The highest BCUT2D eigenvalue weighted by Crippen LogP contribution is 2.08. The molecule has 1 amide bonds. The van der Waals surface area contributed by atoms with Crippen LogP contribution in [0.3, 0.4) is 0 Å². The molecule has 1 aromatic heterocycles. The van der Waals surface area contributed by atoms with Gasteiger partial charge in [0.2, 0.25) is 5.91 Å². The predicted octanol–water partition coefficient (Wildman–Crippen LogP) is 1.03. The van der Waals surface area contributed by atoms with E-state index in [1.54, 1.807) is 6.20 Å². The molecule has 1 rings (SSSR count). The number of nitrogens with zero attached hydrogens (tertiary/aromatic N) is 2. The van der Waals surface area contributed by atoms with Crippen LogP contribution in [0.15, 0.2) is 12.4 Å². The van der Waals surface area contributed by atoms with Crippen LogP contribution in [0.2, 0.25) is 0 Å². The van der Waals surface area contributed by atoms with Crippen LogP contribution in [0.1, 0.15) is 19.7 Å². The van der Waals surface area contributed by atoms with Crippen LogP contribution in [0.25, 0.3) is 0 Å². The Kier molecular flexibility index (Phi) is 4.86. The van der Waals surface area contributed by atoms with Crippen molar-refractivity contribution < 1.29 is 4.79 Å². The van der Waals surface area contributed by atoms with Gasteiger partial charge in [0.1, 0.15) is 5.82 Å². The number of amides is 1. The Balaban J connectivity index is 2.31. The van der Waals surface area contributed by atoms with Gasteiger partial charge in [-0.25, -0.2) is 4.98 Å². The molecule has 1 unspecified atom stereocenters. The third-order valence-electron chi connectivity index (χ3n) is 2.47. The van der Waals surface area contributed by atoms with Crippen LogP contribution in [0, 0.1) is 5.92 Å². The second-order valence-corrected chi connectivity index (χ2v) is 4.74. The zero-order valence-corrected chi connectivity index (χ0v) is 10.9. The lowest BCUT2D eigenvalue weighted by molar-refractivity contribution is -0.121. The van der Waals surface area contributed by atoms with Gasteiger partial charge in [-0.15, -0.1) is 0 Å². The molecule has 0 aromatic carbocycles. The second kappa shape index (κ2) is 5.94. The molecule has 1 N–H and O–H groups in total. The van der Waals surface area contributed by atoms with Gasteiger partial charge in [0.05, 0.1) is 5.25 Å². The van der Waals surface area contributed by atoms with Crippen molar-refractivity contribution in [2.45, 2.75) is 25.5 Å². The van der Waals surface area contributed by atoms with Crippen LogP contribution >= 0.6 is 12.6 Å². The maximum Gasteiger partial charge on any atom is 0.233 e. The standard InChI is InChI=1S/C11H19N3OS/c1-8(2)10(16)11(15)13-5-4-9-12-6-7-14(9)3/h6-8,10,16H,4-5H2,1-3H3,(H,13,15). The van der Waals surface area contributed by atoms with E-state index < -0.39 is 0 Å². The fourth-order valence-corrected chi connectivity index (χ4v) is 1.43. The summed E-state index contributed by atoms with van der Waals surface area (Å²) in [5, 5.41) is 2.63. The van der Waals surface area contributed by atoms with Crippen LogP contribution in [-0.4, -0.2) is 27.3 Å². The lowest BCUT2D eigenvalue weighted by atomic mass is 10.1. The number of hydrogen-bond donors (Lipinski definition) is 2. The van der Waals surface area contributed by atoms with Gasteiger partial charge >= 0.3 is 0 Å². The molecule has 0 fully saturated rings. The van der Waals surface area contributed by atoms with E-state index >= 15 is 0 Å². The molecule has 0 saturated heterocycles. The maximum atomic E-state index is 11.6. The molecule has 0 aliphatic carbocycles. The Morgan fingerprint density at radius 3 is 2.81 bits per heavy atom. The normalized spacial score (nSPS) is 12.8. The summed E-state index contributed by atoms with van der Waals surface area (Å²) < 4.78 is 1.95. The number of carbonyl (C=O) groups excluding carboxylic acids is 1. The number of aromatic nitrogens is 2. The zero-order valence-electron chi connectivity index (χ0n) is 9.97. The van der Waals surface area contributed by atoms with E-state index in [0.29, 0.717) is 6.54 Å². The van der Waals surface area contributed by atoms with Crippen molar-refractivity contribution in [2.24, 2.45) is 13.0 Å². The van der Waals surface area contributed by atoms with E-state index in [1.165, 1.54) is 0 Å². The number of aryl methyl sites for hydroxylation is 1. The third-order valence-corrected chi connectivity index (χ3v) is 3.30. The van der Waals surface area contributed by atoms with Crippen molar-refractivity contribution in [3.05, 3.63) is 18.2 Å². The Morgan fingerprint density at radius 1 is 1.62 bits per heavy atom. The van der Waals surface area contributed by atoms with Crippen molar-refractivity contribution in [1.29, 1.82) is 0 Å². The number of imidazole rings is 1. The molecule has 0 bridgehead atoms. The van der Waals surface area contributed by atoms with E-state index in [4.69, 9.17) is 0 Å². The van der Waals surface area contributed by atoms with Crippen molar-refractivity contribution in [3.63, 3.8) is 0 Å². The number of hydrogen-bond acceptors (Lipinski definition) is 3. The van der Waals surface area contributed by atoms with Gasteiger partial charge in [-0.1, -0.05) is 13.8 Å². The Bertz CT molecular complexity index is 349. The quantitative estimate of drug-likeness (QED) is 0.757. The topological polar surface area (TPSA) is 46.9 Å². The summed E-state index contributed by atoms with van der Waals surface area (Å²) in [7, 11) is 1.94. The summed E-state index contributed by atoms with van der Waals surface area (Å²) in [5.74, 6) is 1.21. The lowest BCUT2D eigenvalue weighted by Gasteiger charge is -2.14. The number of carbonyl (C=O) groups is 1. The zero-order chi connectivity index (χ0) is 12.1. The predicted molar refractivity (Wildman–Crippen MR) is 67.5 cm³/mol. The molecule has 4 nitrogen and oxygen atoms in total. The first-order valence-corrected chi connectivity index (χ1v) is 5.96. The summed E-state index contributed by atoms with van der Waals surface area (Å²) in [5.41, 5.74) is 0. The van der Waals surface area contributed by atoms with Gasteiger partial charge in [0, 0.05) is 32.4 Å². The largest absolute Gasteiger partial charge is 0.355 e. The van der Waals surface area contributed by atoms with Gasteiger partial charge in [0.15, 0.2) is 0 Å². The fourth-order valence-electron chi connectivity index (χ4n) is 1.34. The SMILES string of the molecule is CC(C)C(S)C(=O)NCCc1nccn1C. The molecule has 1 atom stereocenters. The first-order valence-electron chi connectivity index (χ1n) is 5.44. The molecule has 5 heteroatoms.